The third kappa shape index (κ3) is 6.72. The topological polar surface area (TPSA) is 57.5 Å². The molecule has 4 rings (SSSR count). The first-order valence-corrected chi connectivity index (χ1v) is 10.7. The Hall–Kier alpha value is -2.55. The number of nitrogens with one attached hydrogen (secondary N) is 2. The first-order chi connectivity index (χ1) is 14.8. The minimum absolute atomic E-state index is 0. The Labute approximate surface area is 201 Å². The molecule has 0 spiro atoms. The van der Waals surface area contributed by atoms with Crippen molar-refractivity contribution in [2.75, 3.05) is 24.5 Å². The van der Waals surface area contributed by atoms with Crippen LogP contribution in [0.1, 0.15) is 24.5 Å². The predicted octanol–water partition coefficient (Wildman–Crippen LogP) is 3.88. The van der Waals surface area contributed by atoms with Gasteiger partial charge in [-0.2, -0.15) is 5.10 Å². The third-order valence-electron chi connectivity index (χ3n) is 5.29. The maximum absolute atomic E-state index is 4.79. The lowest BCUT2D eigenvalue weighted by Crippen LogP contribution is -2.44. The molecule has 2 aromatic carbocycles. The Morgan fingerprint density at radius 1 is 1.06 bits per heavy atom. The molecular weight excluding hydrogens is 499 g/mol. The number of anilines is 1. The van der Waals surface area contributed by atoms with Gasteiger partial charge in [-0.05, 0) is 31.0 Å². The first kappa shape index (κ1) is 23.1. The van der Waals surface area contributed by atoms with Crippen molar-refractivity contribution < 1.29 is 0 Å². The fourth-order valence-electron chi connectivity index (χ4n) is 3.78. The van der Waals surface area contributed by atoms with E-state index >= 15 is 0 Å². The smallest absolute Gasteiger partial charge is 0.191 e. The van der Waals surface area contributed by atoms with Crippen LogP contribution in [-0.4, -0.2) is 41.4 Å². The maximum atomic E-state index is 4.79. The summed E-state index contributed by atoms with van der Waals surface area (Å²) in [7, 11) is 0. The van der Waals surface area contributed by atoms with E-state index in [0.717, 1.165) is 44.1 Å². The van der Waals surface area contributed by atoms with Gasteiger partial charge in [0.2, 0.25) is 0 Å². The summed E-state index contributed by atoms with van der Waals surface area (Å²) in [5, 5.41) is 11.5. The Balaban J connectivity index is 0.00000272. The number of hydrogen-bond donors (Lipinski definition) is 2. The van der Waals surface area contributed by atoms with Gasteiger partial charge >= 0.3 is 0 Å². The molecule has 2 heterocycles. The molecule has 0 saturated carbocycles. The van der Waals surface area contributed by atoms with Gasteiger partial charge in [-0.1, -0.05) is 48.5 Å². The summed E-state index contributed by atoms with van der Waals surface area (Å²) in [6.45, 7) is 6.38. The molecule has 164 valence electrons. The number of para-hydroxylation sites is 1. The van der Waals surface area contributed by atoms with Crippen LogP contribution in [0.25, 0.3) is 0 Å². The van der Waals surface area contributed by atoms with Crippen LogP contribution in [0.2, 0.25) is 0 Å². The van der Waals surface area contributed by atoms with Gasteiger partial charge in [0.05, 0.1) is 19.3 Å². The molecule has 2 N–H and O–H groups in total. The maximum Gasteiger partial charge on any atom is 0.191 e. The average molecular weight is 530 g/mol. The highest BCUT2D eigenvalue weighted by atomic mass is 127. The quantitative estimate of drug-likeness (QED) is 0.277. The molecule has 6 nitrogen and oxygen atoms in total. The van der Waals surface area contributed by atoms with Gasteiger partial charge in [0, 0.05) is 43.1 Å². The second-order valence-electron chi connectivity index (χ2n) is 7.64. The minimum atomic E-state index is 0. The highest BCUT2D eigenvalue weighted by molar-refractivity contribution is 14.0. The van der Waals surface area contributed by atoms with E-state index < -0.39 is 0 Å². The Kier molecular flexibility index (Phi) is 8.75. The highest BCUT2D eigenvalue weighted by Gasteiger charge is 2.23. The van der Waals surface area contributed by atoms with Crippen LogP contribution in [0.3, 0.4) is 0 Å². The van der Waals surface area contributed by atoms with Crippen LogP contribution < -0.4 is 15.5 Å². The van der Waals surface area contributed by atoms with Crippen molar-refractivity contribution in [1.82, 2.24) is 20.4 Å². The Morgan fingerprint density at radius 3 is 2.55 bits per heavy atom. The van der Waals surface area contributed by atoms with Gasteiger partial charge in [0.15, 0.2) is 5.96 Å². The molecule has 1 atom stereocenters. The van der Waals surface area contributed by atoms with Gasteiger partial charge in [-0.3, -0.25) is 4.68 Å². The van der Waals surface area contributed by atoms with Gasteiger partial charge in [-0.15, -0.1) is 24.0 Å². The monoisotopic (exact) mass is 530 g/mol. The molecule has 0 amide bonds. The van der Waals surface area contributed by atoms with Crippen molar-refractivity contribution in [3.63, 3.8) is 0 Å². The fourth-order valence-corrected chi connectivity index (χ4v) is 3.78. The van der Waals surface area contributed by atoms with Crippen molar-refractivity contribution in [1.29, 1.82) is 0 Å². The summed E-state index contributed by atoms with van der Waals surface area (Å²) in [5.74, 6) is 0.869. The molecule has 7 heteroatoms. The van der Waals surface area contributed by atoms with Crippen LogP contribution in [0.4, 0.5) is 5.69 Å². The largest absolute Gasteiger partial charge is 0.369 e. The molecule has 0 bridgehead atoms. The van der Waals surface area contributed by atoms with Crippen LogP contribution in [0.15, 0.2) is 78.0 Å². The van der Waals surface area contributed by atoms with E-state index in [2.05, 4.69) is 88.4 Å². The van der Waals surface area contributed by atoms with Crippen molar-refractivity contribution in [3.05, 3.63) is 84.2 Å². The van der Waals surface area contributed by atoms with Crippen molar-refractivity contribution in [2.24, 2.45) is 4.99 Å². The lowest BCUT2D eigenvalue weighted by atomic mass is 10.2. The number of halogens is 1. The lowest BCUT2D eigenvalue weighted by molar-refractivity contribution is 0.649. The number of rotatable bonds is 7. The van der Waals surface area contributed by atoms with E-state index in [1.54, 1.807) is 0 Å². The molecular formula is C24H31IN6. The molecule has 0 radical (unpaired) electrons. The molecule has 1 aliphatic rings. The normalized spacial score (nSPS) is 16.1. The van der Waals surface area contributed by atoms with Crippen molar-refractivity contribution in [2.45, 2.75) is 32.5 Å². The summed E-state index contributed by atoms with van der Waals surface area (Å²) in [4.78, 5) is 7.21. The van der Waals surface area contributed by atoms with Crippen LogP contribution >= 0.6 is 24.0 Å². The highest BCUT2D eigenvalue weighted by Crippen LogP contribution is 2.19. The molecule has 1 saturated heterocycles. The minimum Gasteiger partial charge on any atom is -0.369 e. The molecule has 31 heavy (non-hydrogen) atoms. The van der Waals surface area contributed by atoms with E-state index in [-0.39, 0.29) is 24.0 Å². The van der Waals surface area contributed by atoms with Gasteiger partial charge in [0.25, 0.3) is 0 Å². The third-order valence-corrected chi connectivity index (χ3v) is 5.29. The van der Waals surface area contributed by atoms with Gasteiger partial charge in [-0.25, -0.2) is 4.99 Å². The van der Waals surface area contributed by atoms with E-state index in [9.17, 15) is 0 Å². The summed E-state index contributed by atoms with van der Waals surface area (Å²) in [6.07, 6.45) is 5.09. The first-order valence-electron chi connectivity index (χ1n) is 10.7. The molecule has 1 fully saturated rings. The molecule has 0 aliphatic carbocycles. The van der Waals surface area contributed by atoms with Gasteiger partial charge < -0.3 is 15.5 Å². The molecule has 3 aromatic rings. The second-order valence-corrected chi connectivity index (χ2v) is 7.64. The van der Waals surface area contributed by atoms with Crippen LogP contribution in [-0.2, 0) is 13.1 Å². The Morgan fingerprint density at radius 2 is 1.81 bits per heavy atom. The summed E-state index contributed by atoms with van der Waals surface area (Å²) < 4.78 is 1.97. The van der Waals surface area contributed by atoms with Crippen LogP contribution in [0, 0.1) is 0 Å². The molecule has 1 aromatic heterocycles. The lowest BCUT2D eigenvalue weighted by Gasteiger charge is -2.20. The number of benzene rings is 2. The number of hydrogen-bond acceptors (Lipinski definition) is 3. The van der Waals surface area contributed by atoms with E-state index in [1.165, 1.54) is 11.3 Å². The average Bonchev–Trinajstić information content (AvgIpc) is 3.43. The number of guanidine groups is 1. The Bertz CT molecular complexity index is 941. The fraction of sp³-hybridized carbons (Fsp3) is 0.333. The molecule has 1 aliphatic heterocycles. The zero-order valence-corrected chi connectivity index (χ0v) is 20.3. The number of aliphatic imine (C=N–C) groups is 1. The summed E-state index contributed by atoms with van der Waals surface area (Å²) in [6, 6.07) is 21.4. The number of aromatic nitrogens is 2. The zero-order chi connectivity index (χ0) is 20.6. The van der Waals surface area contributed by atoms with Gasteiger partial charge in [0.1, 0.15) is 0 Å². The zero-order valence-electron chi connectivity index (χ0n) is 17.9. The molecule has 1 unspecified atom stereocenters. The van der Waals surface area contributed by atoms with E-state index in [1.807, 2.05) is 16.9 Å². The number of nitrogens with zero attached hydrogens (tertiary/aromatic N) is 4. The van der Waals surface area contributed by atoms with E-state index in [4.69, 9.17) is 4.99 Å². The van der Waals surface area contributed by atoms with Crippen LogP contribution in [0.5, 0.6) is 0 Å². The SMILES string of the molecule is CCNC(=NCc1cnn(Cc2ccccc2)c1)NC1CCN(c2ccccc2)C1.I. The summed E-state index contributed by atoms with van der Waals surface area (Å²) >= 11 is 0. The van der Waals surface area contributed by atoms with Crippen molar-refractivity contribution in [3.8, 4) is 0 Å². The predicted molar refractivity (Wildman–Crippen MR) is 138 cm³/mol. The standard InChI is InChI=1S/C24H30N6.HI/c1-2-25-24(28-22-13-14-29(19-22)23-11-7-4-8-12-23)26-15-21-16-27-30(18-21)17-20-9-5-3-6-10-20;/h3-12,16,18,22H,2,13-15,17,19H2,1H3,(H2,25,26,28);1H. The summed E-state index contributed by atoms with van der Waals surface area (Å²) in [5.41, 5.74) is 3.64. The second kappa shape index (κ2) is 11.7. The van der Waals surface area contributed by atoms with Crippen molar-refractivity contribution >= 4 is 35.6 Å². The van der Waals surface area contributed by atoms with E-state index in [0.29, 0.717) is 12.6 Å².